The average Bonchev–Trinajstić information content (AvgIpc) is 2.52. The minimum absolute atomic E-state index is 0.0284. The van der Waals surface area contributed by atoms with E-state index in [0.717, 1.165) is 44.8 Å². The summed E-state index contributed by atoms with van der Waals surface area (Å²) in [6.45, 7) is 11.4. The molecule has 0 amide bonds. The molecule has 4 nitrogen and oxygen atoms in total. The van der Waals surface area contributed by atoms with Gasteiger partial charge < -0.3 is 19.4 Å². The molecule has 1 aliphatic rings. The Morgan fingerprint density at radius 2 is 1.93 bits per heavy atom. The van der Waals surface area contributed by atoms with Crippen molar-refractivity contribution in [1.29, 1.82) is 0 Å². The van der Waals surface area contributed by atoms with Gasteiger partial charge in [0, 0.05) is 13.5 Å². The molecule has 1 aliphatic heterocycles. The van der Waals surface area contributed by atoms with Gasteiger partial charge in [-0.2, -0.15) is 0 Å². The molecule has 0 spiro atoms. The minimum atomic E-state index is -1.28. The summed E-state index contributed by atoms with van der Waals surface area (Å²) in [5.74, 6) is 0.455. The van der Waals surface area contributed by atoms with Gasteiger partial charge >= 0.3 is 0 Å². The van der Waals surface area contributed by atoms with Gasteiger partial charge in [0.15, 0.2) is 0 Å². The number of ether oxygens (including phenoxy) is 2. The predicted molar refractivity (Wildman–Crippen MR) is 115 cm³/mol. The van der Waals surface area contributed by atoms with E-state index in [1.807, 2.05) is 0 Å². The Morgan fingerprint density at radius 1 is 1.26 bits per heavy atom. The number of hydrogen-bond acceptors (Lipinski definition) is 4. The molecule has 1 N–H and O–H groups in total. The van der Waals surface area contributed by atoms with Crippen molar-refractivity contribution >= 4 is 14.4 Å². The quantitative estimate of drug-likeness (QED) is 0.375. The van der Waals surface area contributed by atoms with E-state index in [1.54, 1.807) is 7.11 Å². The lowest BCUT2D eigenvalue weighted by molar-refractivity contribution is -0.113. The van der Waals surface area contributed by atoms with Crippen LogP contribution in [0.2, 0.25) is 19.6 Å². The highest BCUT2D eigenvalue weighted by atomic mass is 28.3. The number of hydrogen-bond donors (Lipinski definition) is 1. The monoisotopic (exact) mass is 398 g/mol. The molecular weight excluding hydrogens is 356 g/mol. The first-order valence-corrected chi connectivity index (χ1v) is 14.2. The van der Waals surface area contributed by atoms with Crippen LogP contribution in [-0.4, -0.2) is 51.0 Å². The van der Waals surface area contributed by atoms with E-state index < -0.39 is 8.07 Å². The molecular formula is C22H42O4Si. The largest absolute Gasteiger partial charge is 0.393 e. The molecule has 0 saturated carbocycles. The smallest absolute Gasteiger partial charge is 0.122 e. The van der Waals surface area contributed by atoms with Crippen molar-refractivity contribution in [3.63, 3.8) is 0 Å². The van der Waals surface area contributed by atoms with Crippen molar-refractivity contribution in [2.75, 3.05) is 7.11 Å². The van der Waals surface area contributed by atoms with Gasteiger partial charge in [-0.3, -0.25) is 0 Å². The van der Waals surface area contributed by atoms with Crippen LogP contribution in [-0.2, 0) is 14.3 Å². The molecule has 5 heteroatoms. The molecule has 0 aromatic carbocycles. The summed E-state index contributed by atoms with van der Waals surface area (Å²) < 4.78 is 11.9. The van der Waals surface area contributed by atoms with Gasteiger partial charge in [0.2, 0.25) is 0 Å². The van der Waals surface area contributed by atoms with Crippen molar-refractivity contribution in [2.24, 2.45) is 5.92 Å². The fourth-order valence-electron chi connectivity index (χ4n) is 4.19. The average molecular weight is 399 g/mol. The molecule has 1 rings (SSSR count). The summed E-state index contributed by atoms with van der Waals surface area (Å²) in [6, 6.07) is 0. The summed E-state index contributed by atoms with van der Waals surface area (Å²) in [5.41, 5.74) is 3.97. The SMILES string of the molecule is CCC[C@H](O)C[C@H](C[C@@H](C)C[C@@H]1C/C(=C\[Si](C)(C)C)C[C@H](CC=O)O1)OC. The minimum Gasteiger partial charge on any atom is -0.393 e. The fourth-order valence-corrected chi connectivity index (χ4v) is 5.65. The number of aliphatic hydroxyl groups is 1. The van der Waals surface area contributed by atoms with Crippen LogP contribution >= 0.6 is 0 Å². The number of carbonyl (C=O) groups is 1. The number of carbonyl (C=O) groups excluding carboxylic acids is 1. The van der Waals surface area contributed by atoms with Gasteiger partial charge in [-0.1, -0.05) is 51.2 Å². The van der Waals surface area contributed by atoms with Crippen molar-refractivity contribution in [3.8, 4) is 0 Å². The highest BCUT2D eigenvalue weighted by Gasteiger charge is 2.28. The van der Waals surface area contributed by atoms with Gasteiger partial charge in [-0.05, 0) is 44.4 Å². The number of aliphatic hydroxyl groups excluding tert-OH is 1. The maximum atomic E-state index is 11.0. The molecule has 0 aromatic rings. The van der Waals surface area contributed by atoms with Gasteiger partial charge in [0.1, 0.15) is 6.29 Å². The second-order valence-electron chi connectivity index (χ2n) is 9.47. The lowest BCUT2D eigenvalue weighted by atomic mass is 9.89. The summed E-state index contributed by atoms with van der Waals surface area (Å²) >= 11 is 0. The van der Waals surface area contributed by atoms with Crippen LogP contribution in [0.4, 0.5) is 0 Å². The third-order valence-corrected chi connectivity index (χ3v) is 6.46. The van der Waals surface area contributed by atoms with E-state index in [4.69, 9.17) is 9.47 Å². The van der Waals surface area contributed by atoms with Crippen molar-refractivity contribution in [3.05, 3.63) is 11.3 Å². The molecule has 1 heterocycles. The highest BCUT2D eigenvalue weighted by molar-refractivity contribution is 6.81. The summed E-state index contributed by atoms with van der Waals surface area (Å²) in [5, 5.41) is 10.1. The van der Waals surface area contributed by atoms with Gasteiger partial charge in [0.05, 0.1) is 32.5 Å². The van der Waals surface area contributed by atoms with Crippen molar-refractivity contribution < 1.29 is 19.4 Å². The molecule has 0 bridgehead atoms. The first kappa shape index (κ1) is 24.5. The Morgan fingerprint density at radius 3 is 2.48 bits per heavy atom. The molecule has 0 aliphatic carbocycles. The first-order chi connectivity index (χ1) is 12.7. The van der Waals surface area contributed by atoms with Crippen LogP contribution in [0.5, 0.6) is 0 Å². The Balaban J connectivity index is 2.65. The van der Waals surface area contributed by atoms with E-state index >= 15 is 0 Å². The van der Waals surface area contributed by atoms with Crippen molar-refractivity contribution in [2.45, 2.75) is 109 Å². The number of rotatable bonds is 12. The first-order valence-electron chi connectivity index (χ1n) is 10.7. The van der Waals surface area contributed by atoms with Gasteiger partial charge in [-0.25, -0.2) is 0 Å². The van der Waals surface area contributed by atoms with E-state index in [1.165, 1.54) is 5.57 Å². The molecule has 1 fully saturated rings. The summed E-state index contributed by atoms with van der Waals surface area (Å²) in [7, 11) is 0.459. The van der Waals surface area contributed by atoms with E-state index in [0.29, 0.717) is 18.8 Å². The predicted octanol–water partition coefficient (Wildman–Crippen LogP) is 4.91. The van der Waals surface area contributed by atoms with E-state index in [9.17, 15) is 9.90 Å². The zero-order valence-electron chi connectivity index (χ0n) is 18.4. The zero-order valence-corrected chi connectivity index (χ0v) is 19.4. The number of aldehydes is 1. The van der Waals surface area contributed by atoms with Crippen LogP contribution in [0.25, 0.3) is 0 Å². The fraction of sp³-hybridized carbons (Fsp3) is 0.864. The molecule has 27 heavy (non-hydrogen) atoms. The molecule has 0 radical (unpaired) electrons. The van der Waals surface area contributed by atoms with Gasteiger partial charge in [-0.15, -0.1) is 0 Å². The van der Waals surface area contributed by atoms with Crippen LogP contribution in [0.3, 0.4) is 0 Å². The topological polar surface area (TPSA) is 55.8 Å². The van der Waals surface area contributed by atoms with Crippen LogP contribution < -0.4 is 0 Å². The lowest BCUT2D eigenvalue weighted by Crippen LogP contribution is -2.32. The second kappa shape index (κ2) is 12.2. The van der Waals surface area contributed by atoms with Crippen LogP contribution in [0.15, 0.2) is 11.3 Å². The Kier molecular flexibility index (Phi) is 11.0. The number of methoxy groups -OCH3 is 1. The Hall–Kier alpha value is -0.493. The Bertz CT molecular complexity index is 458. The van der Waals surface area contributed by atoms with Gasteiger partial charge in [0.25, 0.3) is 0 Å². The molecule has 158 valence electrons. The molecule has 0 unspecified atom stereocenters. The van der Waals surface area contributed by atoms with Crippen LogP contribution in [0, 0.1) is 5.92 Å². The second-order valence-corrected chi connectivity index (χ2v) is 14.5. The molecule has 5 atom stereocenters. The Labute approximate surface area is 167 Å². The highest BCUT2D eigenvalue weighted by Crippen LogP contribution is 2.32. The molecule has 1 saturated heterocycles. The van der Waals surface area contributed by atoms with E-state index in [2.05, 4.69) is 39.2 Å². The normalized spacial score (nSPS) is 26.0. The summed E-state index contributed by atoms with van der Waals surface area (Å²) in [4.78, 5) is 11.0. The molecule has 0 aromatic heterocycles. The maximum absolute atomic E-state index is 11.0. The van der Waals surface area contributed by atoms with Crippen LogP contribution in [0.1, 0.15) is 65.2 Å². The maximum Gasteiger partial charge on any atom is 0.122 e. The third-order valence-electron chi connectivity index (χ3n) is 5.18. The standard InChI is InChI=1S/C22H42O4Si/c1-7-8-19(24)15-21(25-3)11-17(2)12-22-14-18(16-27(4,5)6)13-20(26-22)9-10-23/h10,16-17,19-22,24H,7-9,11-15H2,1-6H3/b18-16-/t17-,19+,20+,21+,22-/m1/s1. The lowest BCUT2D eigenvalue weighted by Gasteiger charge is -2.34. The van der Waals surface area contributed by atoms with Crippen molar-refractivity contribution in [1.82, 2.24) is 0 Å². The third kappa shape index (κ3) is 10.6. The zero-order chi connectivity index (χ0) is 20.4. The van der Waals surface area contributed by atoms with E-state index in [-0.39, 0.29) is 24.4 Å². The summed E-state index contributed by atoms with van der Waals surface area (Å²) in [6.07, 6.45) is 7.81.